The number of amides is 2. The highest BCUT2D eigenvalue weighted by atomic mass is 16.6. The van der Waals surface area contributed by atoms with Gasteiger partial charge in [-0.1, -0.05) is 0 Å². The summed E-state index contributed by atoms with van der Waals surface area (Å²) in [7, 11) is 0. The third kappa shape index (κ3) is 5.46. The first-order valence-corrected chi connectivity index (χ1v) is 6.81. The Morgan fingerprint density at radius 2 is 2.05 bits per heavy atom. The maximum Gasteiger partial charge on any atom is 0.407 e. The van der Waals surface area contributed by atoms with E-state index in [1.807, 2.05) is 27.7 Å². The van der Waals surface area contributed by atoms with Gasteiger partial charge in [0.2, 0.25) is 5.91 Å². The van der Waals surface area contributed by atoms with E-state index in [1.165, 1.54) is 0 Å². The number of alkyl carbamates (subject to hydrolysis) is 1. The van der Waals surface area contributed by atoms with Crippen molar-refractivity contribution in [2.45, 2.75) is 45.8 Å². The fourth-order valence-corrected chi connectivity index (χ4v) is 2.09. The lowest BCUT2D eigenvalue weighted by atomic mass is 9.92. The number of rotatable bonds is 3. The average Bonchev–Trinajstić information content (AvgIpc) is 2.27. The van der Waals surface area contributed by atoms with Crippen molar-refractivity contribution in [3.8, 4) is 0 Å². The maximum absolute atomic E-state index is 11.9. The van der Waals surface area contributed by atoms with Crippen molar-refractivity contribution in [3.63, 3.8) is 0 Å². The molecule has 110 valence electrons. The van der Waals surface area contributed by atoms with Crippen molar-refractivity contribution < 1.29 is 14.3 Å². The van der Waals surface area contributed by atoms with Crippen molar-refractivity contribution in [2.24, 2.45) is 5.92 Å². The fourth-order valence-electron chi connectivity index (χ4n) is 2.09. The molecule has 0 aromatic carbocycles. The summed E-state index contributed by atoms with van der Waals surface area (Å²) in [6.45, 7) is 9.29. The second-order valence-electron chi connectivity index (χ2n) is 5.75. The van der Waals surface area contributed by atoms with Crippen LogP contribution in [-0.4, -0.2) is 43.3 Å². The Balaban J connectivity index is 2.57. The Bertz CT molecular complexity index is 326. The van der Waals surface area contributed by atoms with Crippen LogP contribution in [0.2, 0.25) is 0 Å². The summed E-state index contributed by atoms with van der Waals surface area (Å²) in [5.74, 6) is -0.209. The number of carbonyl (C=O) groups is 2. The van der Waals surface area contributed by atoms with Crippen LogP contribution in [0.1, 0.15) is 34.1 Å². The fraction of sp³-hybridized carbons (Fsp3) is 0.846. The molecule has 0 saturated carbocycles. The van der Waals surface area contributed by atoms with Gasteiger partial charge < -0.3 is 20.7 Å². The summed E-state index contributed by atoms with van der Waals surface area (Å²) >= 11 is 0. The molecule has 6 nitrogen and oxygen atoms in total. The molecule has 1 heterocycles. The lowest BCUT2D eigenvalue weighted by Crippen LogP contribution is -2.56. The second-order valence-corrected chi connectivity index (χ2v) is 5.75. The predicted molar refractivity (Wildman–Crippen MR) is 72.8 cm³/mol. The molecule has 3 N–H and O–H groups in total. The highest BCUT2D eigenvalue weighted by Gasteiger charge is 2.32. The zero-order valence-corrected chi connectivity index (χ0v) is 12.2. The van der Waals surface area contributed by atoms with E-state index in [2.05, 4.69) is 16.0 Å². The number of piperidine rings is 1. The third-order valence-corrected chi connectivity index (χ3v) is 2.87. The molecule has 0 spiro atoms. The average molecular weight is 271 g/mol. The van der Waals surface area contributed by atoms with Gasteiger partial charge in [0.25, 0.3) is 0 Å². The maximum atomic E-state index is 11.9. The van der Waals surface area contributed by atoms with Gasteiger partial charge in [-0.15, -0.1) is 0 Å². The third-order valence-electron chi connectivity index (χ3n) is 2.87. The quantitative estimate of drug-likeness (QED) is 0.703. The largest absolute Gasteiger partial charge is 0.444 e. The number of nitrogens with one attached hydrogen (secondary N) is 3. The van der Waals surface area contributed by atoms with Crippen LogP contribution in [0.3, 0.4) is 0 Å². The molecule has 1 aliphatic heterocycles. The summed E-state index contributed by atoms with van der Waals surface area (Å²) in [5.41, 5.74) is -0.534. The molecule has 0 aromatic rings. The monoisotopic (exact) mass is 271 g/mol. The first-order chi connectivity index (χ1) is 8.83. The van der Waals surface area contributed by atoms with Gasteiger partial charge in [-0.25, -0.2) is 4.79 Å². The summed E-state index contributed by atoms with van der Waals surface area (Å²) < 4.78 is 5.22. The smallest absolute Gasteiger partial charge is 0.407 e. The van der Waals surface area contributed by atoms with E-state index in [1.54, 1.807) is 0 Å². The summed E-state index contributed by atoms with van der Waals surface area (Å²) in [6, 6.07) is -0.227. The molecule has 19 heavy (non-hydrogen) atoms. The van der Waals surface area contributed by atoms with Gasteiger partial charge >= 0.3 is 6.09 Å². The zero-order valence-electron chi connectivity index (χ0n) is 12.2. The van der Waals surface area contributed by atoms with E-state index in [9.17, 15) is 9.59 Å². The predicted octanol–water partition coefficient (Wildman–Crippen LogP) is 0.625. The molecule has 1 aliphatic rings. The molecular formula is C13H25N3O3. The van der Waals surface area contributed by atoms with Gasteiger partial charge in [-0.05, 0) is 40.7 Å². The molecule has 1 fully saturated rings. The van der Waals surface area contributed by atoms with E-state index >= 15 is 0 Å². The van der Waals surface area contributed by atoms with E-state index in [0.29, 0.717) is 19.5 Å². The molecule has 0 bridgehead atoms. The minimum Gasteiger partial charge on any atom is -0.444 e. The van der Waals surface area contributed by atoms with Crippen molar-refractivity contribution in [1.29, 1.82) is 0 Å². The van der Waals surface area contributed by atoms with Gasteiger partial charge in [0, 0.05) is 13.1 Å². The van der Waals surface area contributed by atoms with Crippen LogP contribution in [0.5, 0.6) is 0 Å². The van der Waals surface area contributed by atoms with E-state index in [4.69, 9.17) is 4.74 Å². The van der Waals surface area contributed by atoms with Gasteiger partial charge in [0.15, 0.2) is 0 Å². The number of carbonyl (C=O) groups excluding carboxylic acids is 2. The SMILES string of the molecule is CCNC(=O)C1CCNCC1NC(=O)OC(C)(C)C. The first-order valence-electron chi connectivity index (χ1n) is 6.81. The lowest BCUT2D eigenvalue weighted by molar-refractivity contribution is -0.126. The summed E-state index contributed by atoms with van der Waals surface area (Å²) in [6.07, 6.45) is 0.238. The second kappa shape index (κ2) is 6.75. The molecule has 1 saturated heterocycles. The molecule has 2 amide bonds. The van der Waals surface area contributed by atoms with Crippen LogP contribution < -0.4 is 16.0 Å². The van der Waals surface area contributed by atoms with Gasteiger partial charge in [0.05, 0.1) is 12.0 Å². The van der Waals surface area contributed by atoms with Crippen molar-refractivity contribution in [2.75, 3.05) is 19.6 Å². The Morgan fingerprint density at radius 3 is 2.63 bits per heavy atom. The van der Waals surface area contributed by atoms with Crippen molar-refractivity contribution in [1.82, 2.24) is 16.0 Å². The van der Waals surface area contributed by atoms with Crippen LogP contribution in [0, 0.1) is 5.92 Å². The number of hydrogen-bond acceptors (Lipinski definition) is 4. The van der Waals surface area contributed by atoms with Gasteiger partial charge in [0.1, 0.15) is 5.60 Å². The molecule has 2 atom stereocenters. The van der Waals surface area contributed by atoms with Gasteiger partial charge in [-0.3, -0.25) is 4.79 Å². The van der Waals surface area contributed by atoms with Crippen LogP contribution in [0.4, 0.5) is 4.79 Å². The molecule has 0 radical (unpaired) electrons. The van der Waals surface area contributed by atoms with E-state index in [0.717, 1.165) is 6.54 Å². The summed E-state index contributed by atoms with van der Waals surface area (Å²) in [4.78, 5) is 23.7. The first kappa shape index (κ1) is 15.8. The standard InChI is InChI=1S/C13H25N3O3/c1-5-15-11(17)9-6-7-14-8-10(9)16-12(18)19-13(2,3)4/h9-10,14H,5-8H2,1-4H3,(H,15,17)(H,16,18). The molecule has 1 rings (SSSR count). The molecule has 2 unspecified atom stereocenters. The minimum atomic E-state index is -0.534. The molecule has 0 aliphatic carbocycles. The topological polar surface area (TPSA) is 79.5 Å². The lowest BCUT2D eigenvalue weighted by Gasteiger charge is -2.32. The van der Waals surface area contributed by atoms with Crippen LogP contribution in [0.25, 0.3) is 0 Å². The van der Waals surface area contributed by atoms with E-state index < -0.39 is 11.7 Å². The Labute approximate surface area is 114 Å². The van der Waals surface area contributed by atoms with E-state index in [-0.39, 0.29) is 17.9 Å². The number of ether oxygens (including phenoxy) is 1. The van der Waals surface area contributed by atoms with Crippen molar-refractivity contribution >= 4 is 12.0 Å². The van der Waals surface area contributed by atoms with Crippen LogP contribution in [0.15, 0.2) is 0 Å². The Hall–Kier alpha value is -1.30. The van der Waals surface area contributed by atoms with Crippen LogP contribution in [-0.2, 0) is 9.53 Å². The Kier molecular flexibility index (Phi) is 5.60. The normalized spacial score (nSPS) is 23.6. The van der Waals surface area contributed by atoms with Crippen molar-refractivity contribution in [3.05, 3.63) is 0 Å². The highest BCUT2D eigenvalue weighted by Crippen LogP contribution is 2.14. The van der Waals surface area contributed by atoms with Crippen LogP contribution >= 0.6 is 0 Å². The Morgan fingerprint density at radius 1 is 1.37 bits per heavy atom. The molecule has 0 aromatic heterocycles. The van der Waals surface area contributed by atoms with Gasteiger partial charge in [-0.2, -0.15) is 0 Å². The molecule has 6 heteroatoms. The summed E-state index contributed by atoms with van der Waals surface area (Å²) in [5, 5.41) is 8.77. The molecular weight excluding hydrogens is 246 g/mol. The minimum absolute atomic E-state index is 0.00920. The highest BCUT2D eigenvalue weighted by molar-refractivity contribution is 5.80. The zero-order chi connectivity index (χ0) is 14.5. The number of hydrogen-bond donors (Lipinski definition) is 3.